The molecular weight excluding hydrogens is 334 g/mol. The molecule has 0 unspecified atom stereocenters. The van der Waals surface area contributed by atoms with E-state index < -0.39 is 0 Å². The number of rotatable bonds is 5. The molecule has 1 fully saturated rings. The average Bonchev–Trinajstić information content (AvgIpc) is 3.35. The van der Waals surface area contributed by atoms with Gasteiger partial charge in [0.25, 0.3) is 5.56 Å². The second-order valence-corrected chi connectivity index (χ2v) is 8.13. The van der Waals surface area contributed by atoms with Crippen LogP contribution in [0.15, 0.2) is 34.2 Å². The second kappa shape index (κ2) is 6.29. The Morgan fingerprint density at radius 2 is 1.96 bits per heavy atom. The topological polar surface area (TPSA) is 76.5 Å². The van der Waals surface area contributed by atoms with Gasteiger partial charge in [0.2, 0.25) is 0 Å². The Labute approximate surface area is 150 Å². The first-order valence-electron chi connectivity index (χ1n) is 8.65. The standard InChI is InChI=1S/C18H21N5OS/c1-10(2)16-21-22-18(23(16)12-8-9-12)25-11(3)15-19-14-7-5-4-6-13(14)17(24)20-15/h4-7,10-12H,8-9H2,1-3H3,(H,19,20,24)/t11-/m1/s1. The first-order valence-corrected chi connectivity index (χ1v) is 9.53. The number of nitrogens with zero attached hydrogens (tertiary/aromatic N) is 4. The van der Waals surface area contributed by atoms with E-state index in [1.165, 1.54) is 12.8 Å². The third kappa shape index (κ3) is 3.08. The Morgan fingerprint density at radius 1 is 1.20 bits per heavy atom. The Balaban J connectivity index is 1.67. The number of nitrogens with one attached hydrogen (secondary N) is 1. The molecule has 130 valence electrons. The van der Waals surface area contributed by atoms with Crippen LogP contribution in [0.25, 0.3) is 10.9 Å². The molecule has 0 aliphatic heterocycles. The van der Waals surface area contributed by atoms with Crippen molar-refractivity contribution in [2.45, 2.75) is 56.0 Å². The normalized spacial score (nSPS) is 15.8. The molecule has 1 saturated carbocycles. The maximum Gasteiger partial charge on any atom is 0.258 e. The number of aromatic nitrogens is 5. The van der Waals surface area contributed by atoms with Crippen LogP contribution >= 0.6 is 11.8 Å². The Morgan fingerprint density at radius 3 is 2.68 bits per heavy atom. The van der Waals surface area contributed by atoms with Gasteiger partial charge in [0.05, 0.1) is 16.2 Å². The molecule has 1 aliphatic carbocycles. The van der Waals surface area contributed by atoms with Crippen molar-refractivity contribution in [3.8, 4) is 0 Å². The SMILES string of the molecule is CC(C)c1nnc(S[C@H](C)c2nc3ccccc3c(=O)[nH]2)n1C1CC1. The fourth-order valence-corrected chi connectivity index (χ4v) is 3.93. The fourth-order valence-electron chi connectivity index (χ4n) is 2.95. The summed E-state index contributed by atoms with van der Waals surface area (Å²) in [5.41, 5.74) is 0.625. The number of para-hydroxylation sites is 1. The van der Waals surface area contributed by atoms with Gasteiger partial charge in [0.15, 0.2) is 5.16 Å². The van der Waals surface area contributed by atoms with Gasteiger partial charge in [-0.25, -0.2) is 4.98 Å². The van der Waals surface area contributed by atoms with E-state index in [0.717, 1.165) is 16.5 Å². The summed E-state index contributed by atoms with van der Waals surface area (Å²) in [5.74, 6) is 2.05. The quantitative estimate of drug-likeness (QED) is 0.704. The van der Waals surface area contributed by atoms with Crippen LogP contribution in [-0.4, -0.2) is 24.7 Å². The maximum atomic E-state index is 12.3. The zero-order valence-electron chi connectivity index (χ0n) is 14.6. The Hall–Kier alpha value is -2.15. The van der Waals surface area contributed by atoms with Crippen molar-refractivity contribution in [1.82, 2.24) is 24.7 Å². The number of hydrogen-bond donors (Lipinski definition) is 1. The van der Waals surface area contributed by atoms with E-state index in [-0.39, 0.29) is 10.8 Å². The number of aromatic amines is 1. The number of benzene rings is 1. The van der Waals surface area contributed by atoms with Gasteiger partial charge in [-0.05, 0) is 31.9 Å². The summed E-state index contributed by atoms with van der Waals surface area (Å²) in [4.78, 5) is 19.8. The summed E-state index contributed by atoms with van der Waals surface area (Å²) in [6.07, 6.45) is 2.37. The van der Waals surface area contributed by atoms with Crippen molar-refractivity contribution >= 4 is 22.7 Å². The zero-order chi connectivity index (χ0) is 17.6. The predicted molar refractivity (Wildman–Crippen MR) is 99.0 cm³/mol. The summed E-state index contributed by atoms with van der Waals surface area (Å²) < 4.78 is 2.27. The van der Waals surface area contributed by atoms with Crippen LogP contribution in [0.2, 0.25) is 0 Å². The molecule has 2 heterocycles. The molecule has 25 heavy (non-hydrogen) atoms. The third-order valence-electron chi connectivity index (χ3n) is 4.42. The van der Waals surface area contributed by atoms with Crippen LogP contribution in [0.5, 0.6) is 0 Å². The molecule has 1 N–H and O–H groups in total. The molecule has 1 atom stereocenters. The highest BCUT2D eigenvalue weighted by Crippen LogP contribution is 2.42. The minimum absolute atomic E-state index is 0.0148. The van der Waals surface area contributed by atoms with E-state index in [4.69, 9.17) is 0 Å². The molecule has 1 aliphatic rings. The summed E-state index contributed by atoms with van der Waals surface area (Å²) in [6, 6.07) is 7.93. The van der Waals surface area contributed by atoms with E-state index in [9.17, 15) is 4.79 Å². The summed E-state index contributed by atoms with van der Waals surface area (Å²) in [7, 11) is 0. The zero-order valence-corrected chi connectivity index (χ0v) is 15.4. The van der Waals surface area contributed by atoms with Crippen LogP contribution < -0.4 is 5.56 Å². The highest BCUT2D eigenvalue weighted by molar-refractivity contribution is 7.99. The highest BCUT2D eigenvalue weighted by atomic mass is 32.2. The molecule has 6 nitrogen and oxygen atoms in total. The first-order chi connectivity index (χ1) is 12.0. The minimum atomic E-state index is -0.0976. The van der Waals surface area contributed by atoms with Gasteiger partial charge in [0.1, 0.15) is 11.6 Å². The van der Waals surface area contributed by atoms with Gasteiger partial charge in [-0.15, -0.1) is 10.2 Å². The molecule has 0 amide bonds. The summed E-state index contributed by atoms with van der Waals surface area (Å²) >= 11 is 1.60. The number of thioether (sulfide) groups is 1. The molecule has 0 radical (unpaired) electrons. The molecular formula is C18H21N5OS. The lowest BCUT2D eigenvalue weighted by atomic mass is 10.2. The number of H-pyrrole nitrogens is 1. The monoisotopic (exact) mass is 355 g/mol. The van der Waals surface area contributed by atoms with Crippen LogP contribution in [0.4, 0.5) is 0 Å². The molecule has 7 heteroatoms. The lowest BCUT2D eigenvalue weighted by Crippen LogP contribution is -2.13. The number of hydrogen-bond acceptors (Lipinski definition) is 5. The molecule has 0 saturated heterocycles. The van der Waals surface area contributed by atoms with Crippen molar-refractivity contribution in [1.29, 1.82) is 0 Å². The third-order valence-corrected chi connectivity index (χ3v) is 5.48. The molecule has 2 aromatic heterocycles. The highest BCUT2D eigenvalue weighted by Gasteiger charge is 2.31. The molecule has 1 aromatic carbocycles. The van der Waals surface area contributed by atoms with Gasteiger partial charge in [-0.2, -0.15) is 0 Å². The van der Waals surface area contributed by atoms with E-state index in [0.29, 0.717) is 23.2 Å². The van der Waals surface area contributed by atoms with Gasteiger partial charge in [0, 0.05) is 12.0 Å². The molecule has 0 spiro atoms. The van der Waals surface area contributed by atoms with Gasteiger partial charge < -0.3 is 9.55 Å². The van der Waals surface area contributed by atoms with E-state index in [2.05, 4.69) is 38.6 Å². The molecule has 4 rings (SSSR count). The van der Waals surface area contributed by atoms with Crippen molar-refractivity contribution < 1.29 is 0 Å². The van der Waals surface area contributed by atoms with E-state index >= 15 is 0 Å². The maximum absolute atomic E-state index is 12.3. The largest absolute Gasteiger partial charge is 0.309 e. The fraction of sp³-hybridized carbons (Fsp3) is 0.444. The Bertz CT molecular complexity index is 973. The van der Waals surface area contributed by atoms with Crippen LogP contribution in [0.1, 0.15) is 62.5 Å². The minimum Gasteiger partial charge on any atom is -0.309 e. The predicted octanol–water partition coefficient (Wildman–Crippen LogP) is 3.83. The average molecular weight is 355 g/mol. The van der Waals surface area contributed by atoms with E-state index in [1.807, 2.05) is 25.1 Å². The first kappa shape index (κ1) is 16.3. The Kier molecular flexibility index (Phi) is 4.11. The van der Waals surface area contributed by atoms with Gasteiger partial charge >= 0.3 is 0 Å². The number of fused-ring (bicyclic) bond motifs is 1. The summed E-state index contributed by atoms with van der Waals surface area (Å²) in [6.45, 7) is 6.32. The summed E-state index contributed by atoms with van der Waals surface area (Å²) in [5, 5.41) is 10.3. The van der Waals surface area contributed by atoms with Crippen molar-refractivity contribution in [2.24, 2.45) is 0 Å². The van der Waals surface area contributed by atoms with E-state index in [1.54, 1.807) is 17.8 Å². The van der Waals surface area contributed by atoms with Gasteiger partial charge in [-0.3, -0.25) is 4.79 Å². The van der Waals surface area contributed by atoms with Gasteiger partial charge in [-0.1, -0.05) is 37.7 Å². The lowest BCUT2D eigenvalue weighted by Gasteiger charge is -2.14. The van der Waals surface area contributed by atoms with Crippen molar-refractivity contribution in [2.75, 3.05) is 0 Å². The molecule has 0 bridgehead atoms. The molecule has 3 aromatic rings. The van der Waals surface area contributed by atoms with Crippen LogP contribution in [0.3, 0.4) is 0 Å². The van der Waals surface area contributed by atoms with Crippen molar-refractivity contribution in [3.63, 3.8) is 0 Å². The smallest absolute Gasteiger partial charge is 0.258 e. The van der Waals surface area contributed by atoms with Crippen LogP contribution in [-0.2, 0) is 0 Å². The second-order valence-electron chi connectivity index (χ2n) is 6.83. The van der Waals surface area contributed by atoms with Crippen molar-refractivity contribution in [3.05, 3.63) is 46.3 Å². The van der Waals surface area contributed by atoms with Crippen LogP contribution in [0, 0.1) is 0 Å². The lowest BCUT2D eigenvalue weighted by molar-refractivity contribution is 0.598.